The van der Waals surface area contributed by atoms with Crippen LogP contribution in [0.4, 0.5) is 0 Å². The standard InChI is InChI=1S/C22H37N5O2/c1-5-23-22(24-13-12-21(28)26-17(2)3)25-16-19(27-14-8-9-15-27)18-10-6-7-11-20(18)29-4/h6-7,10-11,17,19H,5,8-9,12-16H2,1-4H3,(H,26,28)(H2,23,24,25). The van der Waals surface area contributed by atoms with Gasteiger partial charge in [-0.1, -0.05) is 18.2 Å². The zero-order chi connectivity index (χ0) is 21.1. The Morgan fingerprint density at radius 1 is 1.21 bits per heavy atom. The molecule has 1 aliphatic rings. The number of nitrogens with one attached hydrogen (secondary N) is 3. The molecule has 1 aromatic carbocycles. The predicted octanol–water partition coefficient (Wildman–Crippen LogP) is 2.30. The maximum absolute atomic E-state index is 11.9. The lowest BCUT2D eigenvalue weighted by Gasteiger charge is -2.28. The second kappa shape index (κ2) is 12.3. The normalized spacial score (nSPS) is 16.0. The van der Waals surface area contributed by atoms with E-state index in [4.69, 9.17) is 9.73 Å². The number of carbonyl (C=O) groups is 1. The van der Waals surface area contributed by atoms with Crippen LogP contribution in [0.25, 0.3) is 0 Å². The second-order valence-corrected chi connectivity index (χ2v) is 7.62. The van der Waals surface area contributed by atoms with Crippen LogP contribution in [-0.2, 0) is 4.79 Å². The molecule has 1 aliphatic heterocycles. The maximum Gasteiger partial charge on any atom is 0.221 e. The lowest BCUT2D eigenvalue weighted by Crippen LogP contribution is -2.40. The van der Waals surface area contributed by atoms with E-state index < -0.39 is 0 Å². The fourth-order valence-electron chi connectivity index (χ4n) is 3.61. The van der Waals surface area contributed by atoms with Crippen molar-refractivity contribution >= 4 is 11.9 Å². The van der Waals surface area contributed by atoms with E-state index in [-0.39, 0.29) is 18.0 Å². The van der Waals surface area contributed by atoms with Gasteiger partial charge in [-0.3, -0.25) is 14.7 Å². The van der Waals surface area contributed by atoms with Crippen LogP contribution in [0.1, 0.15) is 51.6 Å². The minimum atomic E-state index is 0.0484. The lowest BCUT2D eigenvalue weighted by atomic mass is 10.0. The second-order valence-electron chi connectivity index (χ2n) is 7.62. The topological polar surface area (TPSA) is 78.0 Å². The van der Waals surface area contributed by atoms with Gasteiger partial charge in [0, 0.05) is 31.1 Å². The van der Waals surface area contributed by atoms with Gasteiger partial charge in [0.1, 0.15) is 5.75 Å². The molecule has 162 valence electrons. The first-order chi connectivity index (χ1) is 14.0. The van der Waals surface area contributed by atoms with Gasteiger partial charge < -0.3 is 20.7 Å². The van der Waals surface area contributed by atoms with E-state index in [0.29, 0.717) is 19.5 Å². The molecule has 0 spiro atoms. The number of methoxy groups -OCH3 is 1. The van der Waals surface area contributed by atoms with Crippen molar-refractivity contribution in [2.24, 2.45) is 4.99 Å². The van der Waals surface area contributed by atoms with Crippen LogP contribution >= 0.6 is 0 Å². The molecular weight excluding hydrogens is 366 g/mol. The smallest absolute Gasteiger partial charge is 0.221 e. The summed E-state index contributed by atoms with van der Waals surface area (Å²) in [6.45, 7) is 10.1. The minimum Gasteiger partial charge on any atom is -0.496 e. The Morgan fingerprint density at radius 3 is 2.59 bits per heavy atom. The van der Waals surface area contributed by atoms with Crippen molar-refractivity contribution in [2.75, 3.05) is 39.8 Å². The molecule has 1 heterocycles. The number of guanidine groups is 1. The number of hydrogen-bond acceptors (Lipinski definition) is 4. The lowest BCUT2D eigenvalue weighted by molar-refractivity contribution is -0.121. The van der Waals surface area contributed by atoms with Gasteiger partial charge in [0.15, 0.2) is 5.96 Å². The van der Waals surface area contributed by atoms with Crippen LogP contribution in [0.5, 0.6) is 5.75 Å². The number of ether oxygens (including phenoxy) is 1. The molecule has 1 atom stereocenters. The van der Waals surface area contributed by atoms with Crippen molar-refractivity contribution < 1.29 is 9.53 Å². The molecule has 1 saturated heterocycles. The number of nitrogens with zero attached hydrogens (tertiary/aromatic N) is 2. The molecule has 3 N–H and O–H groups in total. The summed E-state index contributed by atoms with van der Waals surface area (Å²) in [5.41, 5.74) is 1.17. The van der Waals surface area contributed by atoms with Crippen LogP contribution in [0.2, 0.25) is 0 Å². The van der Waals surface area contributed by atoms with Gasteiger partial charge in [-0.15, -0.1) is 0 Å². The molecule has 0 radical (unpaired) electrons. The van der Waals surface area contributed by atoms with Crippen molar-refractivity contribution in [3.05, 3.63) is 29.8 Å². The third kappa shape index (κ3) is 7.57. The number of rotatable bonds is 10. The fraction of sp³-hybridized carbons (Fsp3) is 0.636. The van der Waals surface area contributed by atoms with Gasteiger partial charge in [-0.05, 0) is 52.8 Å². The first kappa shape index (κ1) is 23.0. The summed E-state index contributed by atoms with van der Waals surface area (Å²) in [4.78, 5) is 19.2. The summed E-state index contributed by atoms with van der Waals surface area (Å²) in [5, 5.41) is 9.47. The summed E-state index contributed by atoms with van der Waals surface area (Å²) in [6, 6.07) is 8.54. The Kier molecular flexibility index (Phi) is 9.77. The summed E-state index contributed by atoms with van der Waals surface area (Å²) in [5.74, 6) is 1.69. The van der Waals surface area contributed by atoms with E-state index in [0.717, 1.165) is 31.3 Å². The van der Waals surface area contributed by atoms with Crippen LogP contribution in [0, 0.1) is 0 Å². The monoisotopic (exact) mass is 403 g/mol. The molecule has 0 aliphatic carbocycles. The highest BCUT2D eigenvalue weighted by molar-refractivity contribution is 5.81. The van der Waals surface area contributed by atoms with Gasteiger partial charge in [-0.2, -0.15) is 0 Å². The van der Waals surface area contributed by atoms with Gasteiger partial charge in [0.2, 0.25) is 5.91 Å². The van der Waals surface area contributed by atoms with Crippen LogP contribution < -0.4 is 20.7 Å². The zero-order valence-electron chi connectivity index (χ0n) is 18.3. The number of aliphatic imine (C=N–C) groups is 1. The molecule has 0 aromatic heterocycles. The summed E-state index contributed by atoms with van der Waals surface area (Å²) < 4.78 is 5.61. The van der Waals surface area contributed by atoms with Crippen molar-refractivity contribution in [1.29, 1.82) is 0 Å². The Hall–Kier alpha value is -2.28. The van der Waals surface area contributed by atoms with Crippen molar-refractivity contribution in [1.82, 2.24) is 20.9 Å². The summed E-state index contributed by atoms with van der Waals surface area (Å²) in [7, 11) is 1.72. The SMILES string of the molecule is CCNC(=NCC(c1ccccc1OC)N1CCCC1)NCCC(=O)NC(C)C. The van der Waals surface area contributed by atoms with Crippen molar-refractivity contribution in [3.63, 3.8) is 0 Å². The van der Waals surface area contributed by atoms with Gasteiger partial charge in [0.25, 0.3) is 0 Å². The Labute approximate surface area is 175 Å². The highest BCUT2D eigenvalue weighted by Crippen LogP contribution is 2.31. The minimum absolute atomic E-state index is 0.0484. The predicted molar refractivity (Wildman–Crippen MR) is 118 cm³/mol. The van der Waals surface area contributed by atoms with E-state index >= 15 is 0 Å². The molecule has 7 nitrogen and oxygen atoms in total. The average Bonchev–Trinajstić information content (AvgIpc) is 3.22. The number of likely N-dealkylation sites (tertiary alicyclic amines) is 1. The Bertz CT molecular complexity index is 656. The number of para-hydroxylation sites is 1. The van der Waals surface area contributed by atoms with Gasteiger partial charge in [-0.25, -0.2) is 0 Å². The average molecular weight is 404 g/mol. The van der Waals surface area contributed by atoms with Gasteiger partial charge in [0.05, 0.1) is 19.7 Å². The molecule has 29 heavy (non-hydrogen) atoms. The Morgan fingerprint density at radius 2 is 1.93 bits per heavy atom. The quantitative estimate of drug-likeness (QED) is 0.413. The first-order valence-corrected chi connectivity index (χ1v) is 10.7. The van der Waals surface area contributed by atoms with Crippen molar-refractivity contribution in [3.8, 4) is 5.75 Å². The molecule has 7 heteroatoms. The molecule has 1 unspecified atom stereocenters. The van der Waals surface area contributed by atoms with E-state index in [2.05, 4.69) is 33.0 Å². The molecule has 0 saturated carbocycles. The fourth-order valence-corrected chi connectivity index (χ4v) is 3.61. The number of carbonyl (C=O) groups excluding carboxylic acids is 1. The molecule has 2 rings (SSSR count). The van der Waals surface area contributed by atoms with Crippen LogP contribution in [-0.4, -0.2) is 62.6 Å². The van der Waals surface area contributed by atoms with Crippen molar-refractivity contribution in [2.45, 2.75) is 52.1 Å². The molecule has 0 bridgehead atoms. The highest BCUT2D eigenvalue weighted by atomic mass is 16.5. The van der Waals surface area contributed by atoms with E-state index in [1.807, 2.05) is 32.9 Å². The third-order valence-corrected chi connectivity index (χ3v) is 4.94. The van der Waals surface area contributed by atoms with E-state index in [9.17, 15) is 4.79 Å². The summed E-state index contributed by atoms with van der Waals surface area (Å²) >= 11 is 0. The molecule has 1 aromatic rings. The number of amides is 1. The number of hydrogen-bond donors (Lipinski definition) is 3. The Balaban J connectivity index is 2.06. The summed E-state index contributed by atoms with van der Waals surface area (Å²) in [6.07, 6.45) is 2.86. The molecule has 1 amide bonds. The molecule has 1 fully saturated rings. The van der Waals surface area contributed by atoms with E-state index in [1.165, 1.54) is 18.4 Å². The largest absolute Gasteiger partial charge is 0.496 e. The zero-order valence-corrected chi connectivity index (χ0v) is 18.3. The van der Waals surface area contributed by atoms with Crippen LogP contribution in [0.3, 0.4) is 0 Å². The maximum atomic E-state index is 11.9. The van der Waals surface area contributed by atoms with Gasteiger partial charge >= 0.3 is 0 Å². The third-order valence-electron chi connectivity index (χ3n) is 4.94. The molecular formula is C22H37N5O2. The van der Waals surface area contributed by atoms with Crippen LogP contribution in [0.15, 0.2) is 29.3 Å². The van der Waals surface area contributed by atoms with E-state index in [1.54, 1.807) is 7.11 Å². The first-order valence-electron chi connectivity index (χ1n) is 10.7. The highest BCUT2D eigenvalue weighted by Gasteiger charge is 2.25. The number of benzene rings is 1.